The lowest BCUT2D eigenvalue weighted by Crippen LogP contribution is -2.22. The number of nitrogens with one attached hydrogen (secondary N) is 1. The molecule has 0 radical (unpaired) electrons. The summed E-state index contributed by atoms with van der Waals surface area (Å²) in [5.74, 6) is 1.39. The van der Waals surface area contributed by atoms with Crippen LogP contribution in [0.2, 0.25) is 0 Å². The third kappa shape index (κ3) is 5.40. The van der Waals surface area contributed by atoms with Crippen molar-refractivity contribution in [3.63, 3.8) is 0 Å². The van der Waals surface area contributed by atoms with E-state index >= 15 is 0 Å². The fourth-order valence-corrected chi connectivity index (χ4v) is 4.34. The molecule has 4 rings (SSSR count). The fraction of sp³-hybridized carbons (Fsp3) is 0.233. The number of carbonyl (C=O) groups is 1. The summed E-state index contributed by atoms with van der Waals surface area (Å²) < 4.78 is 17.0. The van der Waals surface area contributed by atoms with Crippen LogP contribution in [0.5, 0.6) is 11.5 Å². The van der Waals surface area contributed by atoms with Crippen molar-refractivity contribution in [2.24, 2.45) is 0 Å². The van der Waals surface area contributed by atoms with E-state index in [-0.39, 0.29) is 5.91 Å². The summed E-state index contributed by atoms with van der Waals surface area (Å²) in [5, 5.41) is 3.97. The van der Waals surface area contributed by atoms with E-state index in [1.54, 1.807) is 26.6 Å². The minimum atomic E-state index is -0.113. The lowest BCUT2D eigenvalue weighted by atomic mass is 9.96. The SMILES string of the molecule is COc1ccc(-c2coc3c(C)c(OC)c(/C(C)=C/C(=O)NCCCc4ccccc4)cc23)cc1. The zero-order valence-corrected chi connectivity index (χ0v) is 20.7. The number of aryl methyl sites for hydroxylation is 2. The third-order valence-electron chi connectivity index (χ3n) is 6.21. The zero-order valence-electron chi connectivity index (χ0n) is 20.7. The first-order valence-electron chi connectivity index (χ1n) is 11.8. The van der Waals surface area contributed by atoms with Crippen LogP contribution in [0.25, 0.3) is 27.7 Å². The van der Waals surface area contributed by atoms with Crippen molar-refractivity contribution < 1.29 is 18.7 Å². The molecule has 0 fully saturated rings. The maximum atomic E-state index is 12.6. The molecule has 0 spiro atoms. The number of ether oxygens (including phenoxy) is 2. The molecule has 0 atom stereocenters. The highest BCUT2D eigenvalue weighted by Gasteiger charge is 2.19. The quantitative estimate of drug-likeness (QED) is 0.222. The van der Waals surface area contributed by atoms with Crippen LogP contribution in [-0.4, -0.2) is 26.7 Å². The van der Waals surface area contributed by atoms with Crippen LogP contribution in [-0.2, 0) is 11.2 Å². The van der Waals surface area contributed by atoms with Crippen molar-refractivity contribution in [1.29, 1.82) is 0 Å². The topological polar surface area (TPSA) is 60.7 Å². The summed E-state index contributed by atoms with van der Waals surface area (Å²) in [5.41, 5.74) is 6.65. The normalized spacial score (nSPS) is 11.5. The van der Waals surface area contributed by atoms with Crippen LogP contribution in [0.1, 0.15) is 30.0 Å². The van der Waals surface area contributed by atoms with Gasteiger partial charge in [-0.25, -0.2) is 0 Å². The molecule has 0 saturated carbocycles. The molecule has 0 aliphatic carbocycles. The van der Waals surface area contributed by atoms with Gasteiger partial charge in [0.15, 0.2) is 0 Å². The molecule has 0 aliphatic rings. The van der Waals surface area contributed by atoms with E-state index in [4.69, 9.17) is 13.9 Å². The molecule has 1 aromatic heterocycles. The van der Waals surface area contributed by atoms with Gasteiger partial charge in [-0.05, 0) is 61.6 Å². The van der Waals surface area contributed by atoms with Gasteiger partial charge in [0.25, 0.3) is 0 Å². The summed E-state index contributed by atoms with van der Waals surface area (Å²) in [6, 6.07) is 20.2. The predicted octanol–water partition coefficient (Wildman–Crippen LogP) is 6.58. The number of furan rings is 1. The third-order valence-corrected chi connectivity index (χ3v) is 6.21. The number of benzene rings is 3. The summed E-state index contributed by atoms with van der Waals surface area (Å²) >= 11 is 0. The Morgan fingerprint density at radius 2 is 1.77 bits per heavy atom. The number of rotatable bonds is 9. The summed E-state index contributed by atoms with van der Waals surface area (Å²) in [4.78, 5) is 12.6. The Bertz CT molecular complexity index is 1330. The van der Waals surface area contributed by atoms with Gasteiger partial charge < -0.3 is 19.2 Å². The minimum absolute atomic E-state index is 0.113. The first kappa shape index (κ1) is 24.1. The monoisotopic (exact) mass is 469 g/mol. The van der Waals surface area contributed by atoms with Gasteiger partial charge in [0.2, 0.25) is 5.91 Å². The van der Waals surface area contributed by atoms with E-state index in [2.05, 4.69) is 17.4 Å². The highest BCUT2D eigenvalue weighted by atomic mass is 16.5. The van der Waals surface area contributed by atoms with Crippen LogP contribution >= 0.6 is 0 Å². The lowest BCUT2D eigenvalue weighted by molar-refractivity contribution is -0.116. The van der Waals surface area contributed by atoms with E-state index in [1.807, 2.05) is 62.4 Å². The number of carbonyl (C=O) groups excluding carboxylic acids is 1. The molecule has 3 aromatic carbocycles. The van der Waals surface area contributed by atoms with Crippen molar-refractivity contribution >= 4 is 22.4 Å². The molecule has 1 amide bonds. The van der Waals surface area contributed by atoms with Crippen LogP contribution in [0.15, 0.2) is 77.4 Å². The van der Waals surface area contributed by atoms with Gasteiger partial charge in [-0.3, -0.25) is 4.79 Å². The second-order valence-corrected chi connectivity index (χ2v) is 8.54. The van der Waals surface area contributed by atoms with Gasteiger partial charge in [-0.1, -0.05) is 42.5 Å². The van der Waals surface area contributed by atoms with E-state index in [0.717, 1.165) is 57.4 Å². The molecule has 0 unspecified atom stereocenters. The van der Waals surface area contributed by atoms with E-state index in [0.29, 0.717) is 12.3 Å². The lowest BCUT2D eigenvalue weighted by Gasteiger charge is -2.13. The van der Waals surface area contributed by atoms with E-state index in [9.17, 15) is 4.79 Å². The number of fused-ring (bicyclic) bond motifs is 1. The van der Waals surface area contributed by atoms with E-state index < -0.39 is 0 Å². The van der Waals surface area contributed by atoms with Crippen molar-refractivity contribution in [3.8, 4) is 22.6 Å². The molecule has 0 saturated heterocycles. The molecule has 1 heterocycles. The molecule has 35 heavy (non-hydrogen) atoms. The zero-order chi connectivity index (χ0) is 24.8. The molecule has 5 nitrogen and oxygen atoms in total. The molecule has 4 aromatic rings. The van der Waals surface area contributed by atoms with Gasteiger partial charge in [-0.2, -0.15) is 0 Å². The largest absolute Gasteiger partial charge is 0.497 e. The van der Waals surface area contributed by atoms with Gasteiger partial charge >= 0.3 is 0 Å². The van der Waals surface area contributed by atoms with E-state index in [1.165, 1.54) is 5.56 Å². The average Bonchev–Trinajstić information content (AvgIpc) is 3.31. The summed E-state index contributed by atoms with van der Waals surface area (Å²) in [7, 11) is 3.29. The highest BCUT2D eigenvalue weighted by molar-refractivity contribution is 6.01. The van der Waals surface area contributed by atoms with Crippen LogP contribution in [0.3, 0.4) is 0 Å². The number of hydrogen-bond donors (Lipinski definition) is 1. The predicted molar refractivity (Wildman–Crippen MR) is 141 cm³/mol. The van der Waals surface area contributed by atoms with Crippen molar-refractivity contribution in [2.75, 3.05) is 20.8 Å². The molecule has 180 valence electrons. The van der Waals surface area contributed by atoms with Crippen LogP contribution in [0, 0.1) is 6.92 Å². The van der Waals surface area contributed by atoms with Crippen molar-refractivity contribution in [3.05, 3.63) is 89.7 Å². The number of amides is 1. The van der Waals surface area contributed by atoms with Gasteiger partial charge in [0, 0.05) is 34.7 Å². The maximum absolute atomic E-state index is 12.6. The molecule has 5 heteroatoms. The summed E-state index contributed by atoms with van der Waals surface area (Å²) in [6.45, 7) is 4.53. The Labute approximate surface area is 206 Å². The number of allylic oxidation sites excluding steroid dienone is 1. The fourth-order valence-electron chi connectivity index (χ4n) is 4.34. The second kappa shape index (κ2) is 11.0. The first-order chi connectivity index (χ1) is 17.0. The highest BCUT2D eigenvalue weighted by Crippen LogP contribution is 2.40. The Hall–Kier alpha value is -3.99. The van der Waals surface area contributed by atoms with Crippen molar-refractivity contribution in [2.45, 2.75) is 26.7 Å². The Kier molecular flexibility index (Phi) is 7.56. The van der Waals surface area contributed by atoms with Crippen LogP contribution < -0.4 is 14.8 Å². The molecule has 1 N–H and O–H groups in total. The first-order valence-corrected chi connectivity index (χ1v) is 11.8. The van der Waals surface area contributed by atoms with Gasteiger partial charge in [0.1, 0.15) is 17.1 Å². The molecule has 0 aliphatic heterocycles. The second-order valence-electron chi connectivity index (χ2n) is 8.54. The molecular formula is C30H31NO4. The molecular weight excluding hydrogens is 438 g/mol. The Balaban J connectivity index is 1.56. The standard InChI is InChI=1S/C30H31NO4/c1-20(17-28(32)31-16-8-11-22-9-6-5-7-10-22)25-18-26-27(23-12-14-24(33-3)15-13-23)19-35-30(26)21(2)29(25)34-4/h5-7,9-10,12-15,17-19H,8,11,16H2,1-4H3,(H,31,32)/b20-17+. The van der Waals surface area contributed by atoms with Gasteiger partial charge in [-0.15, -0.1) is 0 Å². The number of methoxy groups -OCH3 is 2. The molecule has 0 bridgehead atoms. The number of hydrogen-bond acceptors (Lipinski definition) is 4. The Morgan fingerprint density at radius 3 is 2.46 bits per heavy atom. The van der Waals surface area contributed by atoms with Crippen molar-refractivity contribution in [1.82, 2.24) is 5.32 Å². The smallest absolute Gasteiger partial charge is 0.244 e. The minimum Gasteiger partial charge on any atom is -0.497 e. The van der Waals surface area contributed by atoms with Gasteiger partial charge in [0.05, 0.1) is 20.5 Å². The Morgan fingerprint density at radius 1 is 1.03 bits per heavy atom. The van der Waals surface area contributed by atoms with Crippen LogP contribution in [0.4, 0.5) is 0 Å². The summed E-state index contributed by atoms with van der Waals surface area (Å²) in [6.07, 6.45) is 5.22. The maximum Gasteiger partial charge on any atom is 0.244 e. The average molecular weight is 470 g/mol.